The van der Waals surface area contributed by atoms with Gasteiger partial charge in [0.25, 0.3) is 5.91 Å². The molecule has 0 aromatic carbocycles. The van der Waals surface area contributed by atoms with Crippen LogP contribution < -0.4 is 10.6 Å². The van der Waals surface area contributed by atoms with Crippen molar-refractivity contribution in [2.75, 3.05) is 13.1 Å². The number of aryl methyl sites for hydroxylation is 1. The minimum atomic E-state index is -0.877. The number of nitrogens with one attached hydrogen (secondary N) is 2. The first-order chi connectivity index (χ1) is 9.92. The lowest BCUT2D eigenvalue weighted by molar-refractivity contribution is -0.138. The molecule has 1 aromatic heterocycles. The van der Waals surface area contributed by atoms with Gasteiger partial charge in [-0.15, -0.1) is 11.3 Å². The zero-order valence-corrected chi connectivity index (χ0v) is 13.0. The normalized spacial score (nSPS) is 11.7. The van der Waals surface area contributed by atoms with Gasteiger partial charge in [-0.1, -0.05) is 13.3 Å². The Kier molecular flexibility index (Phi) is 6.87. The first kappa shape index (κ1) is 17.2. The van der Waals surface area contributed by atoms with Crippen LogP contribution in [0.25, 0.3) is 0 Å². The lowest BCUT2D eigenvalue weighted by Crippen LogP contribution is -2.39. The van der Waals surface area contributed by atoms with Gasteiger partial charge in [0.1, 0.15) is 0 Å². The number of carbonyl (C=O) groups excluding carboxylic acids is 2. The molecule has 1 heterocycles. The highest BCUT2D eigenvalue weighted by Gasteiger charge is 2.13. The minimum Gasteiger partial charge on any atom is -0.481 e. The maximum atomic E-state index is 11.7. The van der Waals surface area contributed by atoms with Crippen molar-refractivity contribution in [3.05, 3.63) is 21.9 Å². The summed E-state index contributed by atoms with van der Waals surface area (Å²) in [5, 5.41) is 13.9. The highest BCUT2D eigenvalue weighted by Crippen LogP contribution is 2.14. The maximum absolute atomic E-state index is 11.7. The van der Waals surface area contributed by atoms with Crippen molar-refractivity contribution in [1.29, 1.82) is 0 Å². The third-order valence-electron chi connectivity index (χ3n) is 3.00. The molecule has 0 aliphatic heterocycles. The van der Waals surface area contributed by atoms with Crippen molar-refractivity contribution in [2.45, 2.75) is 26.7 Å². The van der Waals surface area contributed by atoms with Crippen molar-refractivity contribution in [3.8, 4) is 0 Å². The van der Waals surface area contributed by atoms with Crippen LogP contribution in [0.3, 0.4) is 0 Å². The van der Waals surface area contributed by atoms with Gasteiger partial charge >= 0.3 is 5.97 Å². The molecule has 0 spiro atoms. The van der Waals surface area contributed by atoms with E-state index >= 15 is 0 Å². The first-order valence-electron chi connectivity index (χ1n) is 6.75. The zero-order chi connectivity index (χ0) is 15.8. The summed E-state index contributed by atoms with van der Waals surface area (Å²) in [6, 6.07) is 3.56. The molecule has 0 aliphatic rings. The number of aliphatic carboxylic acids is 1. The average Bonchev–Trinajstić information content (AvgIpc) is 2.87. The minimum absolute atomic E-state index is 0.0254. The Balaban J connectivity index is 2.30. The van der Waals surface area contributed by atoms with Crippen LogP contribution in [0.1, 0.15) is 34.3 Å². The molecule has 0 radical (unpaired) electrons. The average molecular weight is 312 g/mol. The molecule has 1 atom stereocenters. The van der Waals surface area contributed by atoms with E-state index in [0.717, 1.165) is 4.88 Å². The van der Waals surface area contributed by atoms with Gasteiger partial charge in [0.2, 0.25) is 5.91 Å². The van der Waals surface area contributed by atoms with Crippen LogP contribution in [-0.2, 0) is 9.59 Å². The highest BCUT2D eigenvalue weighted by atomic mass is 32.1. The van der Waals surface area contributed by atoms with Crippen LogP contribution in [0.4, 0.5) is 0 Å². The second kappa shape index (κ2) is 8.41. The first-order valence-corrected chi connectivity index (χ1v) is 7.57. The van der Waals surface area contributed by atoms with Crippen LogP contribution in [0, 0.1) is 12.8 Å². The molecule has 1 rings (SSSR count). The van der Waals surface area contributed by atoms with E-state index in [1.807, 2.05) is 19.9 Å². The molecule has 1 aromatic rings. The fourth-order valence-electron chi connectivity index (χ4n) is 1.73. The predicted octanol–water partition coefficient (Wildman–Crippen LogP) is 1.40. The number of carbonyl (C=O) groups is 3. The lowest BCUT2D eigenvalue weighted by atomic mass is 10.0. The van der Waals surface area contributed by atoms with E-state index in [2.05, 4.69) is 10.6 Å². The Morgan fingerprint density at radius 3 is 2.52 bits per heavy atom. The van der Waals surface area contributed by atoms with Crippen molar-refractivity contribution in [3.63, 3.8) is 0 Å². The molecule has 3 N–H and O–H groups in total. The Bertz CT molecular complexity index is 513. The Morgan fingerprint density at radius 2 is 2.00 bits per heavy atom. The van der Waals surface area contributed by atoms with E-state index in [1.54, 1.807) is 6.07 Å². The number of amides is 2. The van der Waals surface area contributed by atoms with E-state index in [9.17, 15) is 14.4 Å². The largest absolute Gasteiger partial charge is 0.481 e. The second-order valence-corrected chi connectivity index (χ2v) is 6.06. The van der Waals surface area contributed by atoms with Gasteiger partial charge in [0, 0.05) is 17.8 Å². The van der Waals surface area contributed by atoms with Crippen LogP contribution >= 0.6 is 11.3 Å². The van der Waals surface area contributed by atoms with Crippen LogP contribution in [0.15, 0.2) is 12.1 Å². The topological polar surface area (TPSA) is 95.5 Å². The molecule has 1 unspecified atom stereocenters. The van der Waals surface area contributed by atoms with E-state index in [-0.39, 0.29) is 30.7 Å². The van der Waals surface area contributed by atoms with Crippen LogP contribution in [-0.4, -0.2) is 36.0 Å². The SMILES string of the molecule is CCC(CNC(=O)CNC(=O)c1ccc(C)s1)CC(=O)O. The number of carboxylic acids is 1. The van der Waals surface area contributed by atoms with Gasteiger partial charge in [-0.3, -0.25) is 14.4 Å². The number of thiophene rings is 1. The second-order valence-electron chi connectivity index (χ2n) is 4.77. The summed E-state index contributed by atoms with van der Waals surface area (Å²) in [5.74, 6) is -1.57. The molecule has 0 saturated carbocycles. The third kappa shape index (κ3) is 6.40. The fraction of sp³-hybridized carbons (Fsp3) is 0.500. The van der Waals surface area contributed by atoms with Gasteiger partial charge in [0.05, 0.1) is 11.4 Å². The van der Waals surface area contributed by atoms with E-state index in [1.165, 1.54) is 11.3 Å². The molecule has 21 heavy (non-hydrogen) atoms. The summed E-state index contributed by atoms with van der Waals surface area (Å²) in [4.78, 5) is 35.6. The number of hydrogen-bond donors (Lipinski definition) is 3. The monoisotopic (exact) mass is 312 g/mol. The summed E-state index contributed by atoms with van der Waals surface area (Å²) >= 11 is 1.37. The number of rotatable bonds is 8. The standard InChI is InChI=1S/C14H20N2O4S/c1-3-10(6-13(18)19)7-15-12(17)8-16-14(20)11-5-4-9(2)21-11/h4-5,10H,3,6-8H2,1-2H3,(H,15,17)(H,16,20)(H,18,19). The van der Waals surface area contributed by atoms with E-state index < -0.39 is 5.97 Å². The van der Waals surface area contributed by atoms with Gasteiger partial charge in [-0.2, -0.15) is 0 Å². The molecular formula is C14H20N2O4S. The van der Waals surface area contributed by atoms with Crippen LogP contribution in [0.5, 0.6) is 0 Å². The van der Waals surface area contributed by atoms with Crippen molar-refractivity contribution in [2.24, 2.45) is 5.92 Å². The Hall–Kier alpha value is -1.89. The summed E-state index contributed by atoms with van der Waals surface area (Å²) in [6.07, 6.45) is 0.699. The predicted molar refractivity (Wildman–Crippen MR) is 80.4 cm³/mol. The quantitative estimate of drug-likeness (QED) is 0.676. The van der Waals surface area contributed by atoms with Crippen LogP contribution in [0.2, 0.25) is 0 Å². The summed E-state index contributed by atoms with van der Waals surface area (Å²) in [6.45, 7) is 3.97. The van der Waals surface area contributed by atoms with Crippen molar-refractivity contribution in [1.82, 2.24) is 10.6 Å². The molecule has 0 saturated heterocycles. The molecular weight excluding hydrogens is 292 g/mol. The molecule has 0 aliphatic carbocycles. The summed E-state index contributed by atoms with van der Waals surface area (Å²) in [7, 11) is 0. The molecule has 0 bridgehead atoms. The molecule has 0 fully saturated rings. The summed E-state index contributed by atoms with van der Waals surface area (Å²) in [5.41, 5.74) is 0. The molecule has 6 nitrogen and oxygen atoms in total. The van der Waals surface area contributed by atoms with Gasteiger partial charge in [0.15, 0.2) is 0 Å². The fourth-order valence-corrected chi connectivity index (χ4v) is 2.52. The van der Waals surface area contributed by atoms with E-state index in [0.29, 0.717) is 17.8 Å². The van der Waals surface area contributed by atoms with Crippen molar-refractivity contribution >= 4 is 29.1 Å². The van der Waals surface area contributed by atoms with Crippen molar-refractivity contribution < 1.29 is 19.5 Å². The Labute approximate surface area is 127 Å². The highest BCUT2D eigenvalue weighted by molar-refractivity contribution is 7.13. The smallest absolute Gasteiger partial charge is 0.303 e. The number of hydrogen-bond acceptors (Lipinski definition) is 4. The molecule has 7 heteroatoms. The van der Waals surface area contributed by atoms with E-state index in [4.69, 9.17) is 5.11 Å². The van der Waals surface area contributed by atoms with Gasteiger partial charge < -0.3 is 15.7 Å². The van der Waals surface area contributed by atoms with Gasteiger partial charge in [-0.25, -0.2) is 0 Å². The third-order valence-corrected chi connectivity index (χ3v) is 4.00. The molecule has 2 amide bonds. The molecule has 116 valence electrons. The Morgan fingerprint density at radius 1 is 1.29 bits per heavy atom. The lowest BCUT2D eigenvalue weighted by Gasteiger charge is -2.13. The maximum Gasteiger partial charge on any atom is 0.303 e. The summed E-state index contributed by atoms with van der Waals surface area (Å²) < 4.78 is 0. The number of carboxylic acid groups (broad SMARTS) is 1. The zero-order valence-electron chi connectivity index (χ0n) is 12.1. The van der Waals surface area contributed by atoms with Gasteiger partial charge in [-0.05, 0) is 25.0 Å².